The number of esters is 1. The third-order valence-electron chi connectivity index (χ3n) is 3.65. The minimum Gasteiger partial charge on any atom is -0.456 e. The molecule has 0 N–H and O–H groups in total. The van der Waals surface area contributed by atoms with Gasteiger partial charge in [-0.2, -0.15) is 0 Å². The van der Waals surface area contributed by atoms with Gasteiger partial charge in [-0.15, -0.1) is 21.5 Å². The summed E-state index contributed by atoms with van der Waals surface area (Å²) < 4.78 is 12.8. The van der Waals surface area contributed by atoms with Gasteiger partial charge in [0, 0.05) is 11.3 Å². The van der Waals surface area contributed by atoms with E-state index in [-0.39, 0.29) is 18.5 Å². The Hall–Kier alpha value is -2.71. The molecule has 0 fully saturated rings. The van der Waals surface area contributed by atoms with Crippen molar-refractivity contribution in [2.75, 3.05) is 5.75 Å². The van der Waals surface area contributed by atoms with E-state index in [1.165, 1.54) is 0 Å². The molecule has 0 aliphatic carbocycles. The number of nitrogens with zero attached hydrogens (tertiary/aromatic N) is 3. The van der Waals surface area contributed by atoms with Crippen molar-refractivity contribution in [1.82, 2.24) is 15.2 Å². The van der Waals surface area contributed by atoms with Crippen LogP contribution >= 0.6 is 23.1 Å². The SMILES string of the molecule is O=C(CCSc1nc2ccccc2s1)OCc1nnc(-c2ccccc2)o1. The van der Waals surface area contributed by atoms with E-state index in [9.17, 15) is 4.79 Å². The molecule has 6 nitrogen and oxygen atoms in total. The first-order valence-corrected chi connectivity index (χ1v) is 10.1. The van der Waals surface area contributed by atoms with Gasteiger partial charge in [-0.1, -0.05) is 42.1 Å². The van der Waals surface area contributed by atoms with Crippen LogP contribution in [-0.2, 0) is 16.1 Å². The van der Waals surface area contributed by atoms with Crippen molar-refractivity contribution in [3.63, 3.8) is 0 Å². The highest BCUT2D eigenvalue weighted by Crippen LogP contribution is 2.29. The van der Waals surface area contributed by atoms with E-state index < -0.39 is 0 Å². The van der Waals surface area contributed by atoms with Crippen molar-refractivity contribution < 1.29 is 13.9 Å². The Balaban J connectivity index is 1.23. The first-order chi connectivity index (χ1) is 13.3. The summed E-state index contributed by atoms with van der Waals surface area (Å²) in [6, 6.07) is 17.4. The molecule has 4 aromatic rings. The molecule has 0 amide bonds. The van der Waals surface area contributed by atoms with E-state index in [1.54, 1.807) is 23.1 Å². The summed E-state index contributed by atoms with van der Waals surface area (Å²) in [5.74, 6) is 0.995. The molecule has 136 valence electrons. The van der Waals surface area contributed by atoms with Gasteiger partial charge in [0.15, 0.2) is 10.9 Å². The fourth-order valence-corrected chi connectivity index (χ4v) is 4.42. The van der Waals surface area contributed by atoms with Crippen LogP contribution in [0, 0.1) is 0 Å². The second-order valence-electron chi connectivity index (χ2n) is 5.57. The Morgan fingerprint density at radius 1 is 1.07 bits per heavy atom. The lowest BCUT2D eigenvalue weighted by Gasteiger charge is -2.01. The number of para-hydroxylation sites is 1. The Morgan fingerprint density at radius 2 is 1.89 bits per heavy atom. The molecule has 0 atom stereocenters. The fourth-order valence-electron chi connectivity index (χ4n) is 2.36. The summed E-state index contributed by atoms with van der Waals surface area (Å²) in [5.41, 5.74) is 1.81. The number of carbonyl (C=O) groups excluding carboxylic acids is 1. The van der Waals surface area contributed by atoms with Gasteiger partial charge in [0.25, 0.3) is 5.89 Å². The molecule has 0 saturated heterocycles. The summed E-state index contributed by atoms with van der Waals surface area (Å²) in [5, 5.41) is 7.88. The van der Waals surface area contributed by atoms with Crippen LogP contribution < -0.4 is 0 Å². The van der Waals surface area contributed by atoms with E-state index in [2.05, 4.69) is 15.2 Å². The number of thioether (sulfide) groups is 1. The number of rotatable bonds is 7. The zero-order valence-corrected chi connectivity index (χ0v) is 15.8. The van der Waals surface area contributed by atoms with E-state index in [4.69, 9.17) is 9.15 Å². The van der Waals surface area contributed by atoms with Gasteiger partial charge in [0.2, 0.25) is 5.89 Å². The van der Waals surface area contributed by atoms with Crippen LogP contribution in [0.2, 0.25) is 0 Å². The molecule has 27 heavy (non-hydrogen) atoms. The molecule has 0 radical (unpaired) electrons. The Morgan fingerprint density at radius 3 is 2.74 bits per heavy atom. The molecule has 2 heterocycles. The van der Waals surface area contributed by atoms with Crippen molar-refractivity contribution in [1.29, 1.82) is 0 Å². The lowest BCUT2D eigenvalue weighted by Crippen LogP contribution is -2.05. The average molecular weight is 397 g/mol. The third-order valence-corrected chi connectivity index (χ3v) is 5.83. The van der Waals surface area contributed by atoms with Crippen LogP contribution in [0.3, 0.4) is 0 Å². The summed E-state index contributed by atoms with van der Waals surface area (Å²) in [7, 11) is 0. The number of aromatic nitrogens is 3. The largest absolute Gasteiger partial charge is 0.456 e. The predicted octanol–water partition coefficient (Wildman–Crippen LogP) is 4.57. The second-order valence-corrected chi connectivity index (χ2v) is 7.95. The zero-order chi connectivity index (χ0) is 18.5. The van der Waals surface area contributed by atoms with Crippen molar-refractivity contribution >= 4 is 39.3 Å². The standard InChI is InChI=1S/C19H15N3O3S2/c23-17(10-11-26-19-20-14-8-4-5-9-15(14)27-19)24-12-16-21-22-18(25-16)13-6-2-1-3-7-13/h1-9H,10-12H2. The van der Waals surface area contributed by atoms with Gasteiger partial charge >= 0.3 is 5.97 Å². The van der Waals surface area contributed by atoms with Crippen molar-refractivity contribution in [2.45, 2.75) is 17.4 Å². The summed E-state index contributed by atoms with van der Waals surface area (Å²) in [6.45, 7) is -0.0233. The number of fused-ring (bicyclic) bond motifs is 1. The van der Waals surface area contributed by atoms with Crippen LogP contribution in [0.5, 0.6) is 0 Å². The molecule has 0 aliphatic rings. The van der Waals surface area contributed by atoms with E-state index in [1.807, 2.05) is 54.6 Å². The maximum Gasteiger partial charge on any atom is 0.307 e. The number of hydrogen-bond acceptors (Lipinski definition) is 8. The molecule has 2 aromatic carbocycles. The maximum absolute atomic E-state index is 11.9. The van der Waals surface area contributed by atoms with Gasteiger partial charge in [0.05, 0.1) is 16.6 Å². The van der Waals surface area contributed by atoms with Crippen molar-refractivity contribution in [3.05, 3.63) is 60.5 Å². The van der Waals surface area contributed by atoms with Crippen LogP contribution in [0.25, 0.3) is 21.7 Å². The molecule has 0 unspecified atom stereocenters. The maximum atomic E-state index is 11.9. The van der Waals surface area contributed by atoms with Crippen LogP contribution in [0.4, 0.5) is 0 Å². The summed E-state index contributed by atoms with van der Waals surface area (Å²) in [4.78, 5) is 16.4. The highest BCUT2D eigenvalue weighted by Gasteiger charge is 2.11. The van der Waals surface area contributed by atoms with Gasteiger partial charge in [-0.3, -0.25) is 4.79 Å². The Bertz CT molecular complexity index is 1010. The Labute approximate surface area is 163 Å². The Kier molecular flexibility index (Phi) is 5.45. The van der Waals surface area contributed by atoms with E-state index in [0.717, 1.165) is 20.1 Å². The molecule has 0 bridgehead atoms. The monoisotopic (exact) mass is 397 g/mol. The first kappa shape index (κ1) is 17.7. The van der Waals surface area contributed by atoms with Crippen molar-refractivity contribution in [2.24, 2.45) is 0 Å². The zero-order valence-electron chi connectivity index (χ0n) is 14.2. The predicted molar refractivity (Wildman–Crippen MR) is 104 cm³/mol. The van der Waals surface area contributed by atoms with Crippen molar-refractivity contribution in [3.8, 4) is 11.5 Å². The molecule has 2 aromatic heterocycles. The summed E-state index contributed by atoms with van der Waals surface area (Å²) >= 11 is 3.18. The molecule has 8 heteroatoms. The fraction of sp³-hybridized carbons (Fsp3) is 0.158. The number of hydrogen-bond donors (Lipinski definition) is 0. The number of thiazole rings is 1. The van der Waals surface area contributed by atoms with Crippen LogP contribution in [-0.4, -0.2) is 26.9 Å². The topological polar surface area (TPSA) is 78.1 Å². The number of carbonyl (C=O) groups is 1. The van der Waals surface area contributed by atoms with E-state index in [0.29, 0.717) is 18.1 Å². The molecular weight excluding hydrogens is 382 g/mol. The molecule has 0 aliphatic heterocycles. The van der Waals surface area contributed by atoms with Gasteiger partial charge in [-0.25, -0.2) is 4.98 Å². The van der Waals surface area contributed by atoms with Gasteiger partial charge < -0.3 is 9.15 Å². The number of ether oxygens (including phenoxy) is 1. The van der Waals surface area contributed by atoms with Gasteiger partial charge in [0.1, 0.15) is 0 Å². The lowest BCUT2D eigenvalue weighted by atomic mass is 10.2. The molecule has 4 rings (SSSR count). The van der Waals surface area contributed by atoms with Crippen LogP contribution in [0.15, 0.2) is 63.4 Å². The normalized spacial score (nSPS) is 11.0. The number of benzene rings is 2. The second kappa shape index (κ2) is 8.32. The summed E-state index contributed by atoms with van der Waals surface area (Å²) in [6.07, 6.45) is 0.292. The molecule has 0 spiro atoms. The smallest absolute Gasteiger partial charge is 0.307 e. The molecular formula is C19H15N3O3S2. The molecule has 0 saturated carbocycles. The third kappa shape index (κ3) is 4.53. The highest BCUT2D eigenvalue weighted by molar-refractivity contribution is 8.01. The van der Waals surface area contributed by atoms with Gasteiger partial charge in [-0.05, 0) is 24.3 Å². The van der Waals surface area contributed by atoms with E-state index >= 15 is 0 Å². The average Bonchev–Trinajstić information content (AvgIpc) is 3.34. The minimum atomic E-state index is -0.303. The quantitative estimate of drug-likeness (QED) is 0.334. The minimum absolute atomic E-state index is 0.0233. The first-order valence-electron chi connectivity index (χ1n) is 8.30. The highest BCUT2D eigenvalue weighted by atomic mass is 32.2. The lowest BCUT2D eigenvalue weighted by molar-refractivity contribution is -0.145. The van der Waals surface area contributed by atoms with Crippen LogP contribution in [0.1, 0.15) is 12.3 Å².